The molecule has 0 bridgehead atoms. The third kappa shape index (κ3) is 13.1. The number of hydrogen-bond donors (Lipinski definition) is 2. The van der Waals surface area contributed by atoms with Crippen molar-refractivity contribution >= 4 is 5.94 Å². The van der Waals surface area contributed by atoms with E-state index in [1.54, 1.807) is 0 Å². The van der Waals surface area contributed by atoms with Crippen LogP contribution in [0, 0.1) is 20.2 Å². The van der Waals surface area contributed by atoms with Crippen molar-refractivity contribution in [2.75, 3.05) is 0 Å². The molecule has 29 heavy (non-hydrogen) atoms. The van der Waals surface area contributed by atoms with E-state index < -0.39 is 40.6 Å². The SMILES string of the molecule is CCCCCCCCCCCC(O)C(CC(C(O)CCC=C=O)[N+](=O)[O-])[N+](=O)[O-]. The molecule has 4 atom stereocenters. The molecule has 0 saturated heterocycles. The summed E-state index contributed by atoms with van der Waals surface area (Å²) < 4.78 is 0. The second-order valence-electron chi connectivity index (χ2n) is 7.59. The molecule has 0 spiro atoms. The lowest BCUT2D eigenvalue weighted by molar-refractivity contribution is -0.573. The molecule has 0 amide bonds. The minimum Gasteiger partial charge on any atom is -0.386 e. The second kappa shape index (κ2) is 17.1. The Bertz CT molecular complexity index is 509. The van der Waals surface area contributed by atoms with Gasteiger partial charge >= 0.3 is 0 Å². The molecule has 0 aromatic rings. The first kappa shape index (κ1) is 27.2. The van der Waals surface area contributed by atoms with Crippen LogP contribution in [-0.4, -0.2) is 50.3 Å². The summed E-state index contributed by atoms with van der Waals surface area (Å²) >= 11 is 0. The zero-order valence-corrected chi connectivity index (χ0v) is 17.4. The smallest absolute Gasteiger partial charge is 0.245 e. The highest BCUT2D eigenvalue weighted by Gasteiger charge is 2.40. The molecule has 0 aromatic carbocycles. The van der Waals surface area contributed by atoms with Gasteiger partial charge in [-0.25, -0.2) is 4.79 Å². The Morgan fingerprint density at radius 2 is 1.28 bits per heavy atom. The Labute approximate surface area is 172 Å². The molecule has 0 saturated carbocycles. The predicted octanol–water partition coefficient (Wildman–Crippen LogP) is 3.48. The molecule has 0 aromatic heterocycles. The average Bonchev–Trinajstić information content (AvgIpc) is 2.66. The van der Waals surface area contributed by atoms with Crippen LogP contribution in [0.2, 0.25) is 0 Å². The number of aliphatic hydroxyl groups excluding tert-OH is 2. The first-order valence-electron chi connectivity index (χ1n) is 10.7. The van der Waals surface area contributed by atoms with Gasteiger partial charge in [0.15, 0.2) is 0 Å². The number of aliphatic hydroxyl groups is 2. The largest absolute Gasteiger partial charge is 0.386 e. The Kier molecular flexibility index (Phi) is 16.0. The van der Waals surface area contributed by atoms with Gasteiger partial charge in [-0.05, 0) is 25.3 Å². The van der Waals surface area contributed by atoms with Crippen LogP contribution < -0.4 is 0 Å². The van der Waals surface area contributed by atoms with Gasteiger partial charge in [0, 0.05) is 9.85 Å². The number of nitrogens with zero attached hydrogens (tertiary/aromatic N) is 2. The van der Waals surface area contributed by atoms with Crippen molar-refractivity contribution in [1.29, 1.82) is 0 Å². The normalized spacial score (nSPS) is 15.1. The maximum atomic E-state index is 11.3. The lowest BCUT2D eigenvalue weighted by Crippen LogP contribution is -2.43. The Morgan fingerprint density at radius 1 is 0.828 bits per heavy atom. The summed E-state index contributed by atoms with van der Waals surface area (Å²) in [4.78, 5) is 31.3. The predicted molar refractivity (Wildman–Crippen MR) is 110 cm³/mol. The van der Waals surface area contributed by atoms with Gasteiger partial charge in [-0.1, -0.05) is 64.7 Å². The standard InChI is InChI=1S/C20H36N2O7/c1-2-3-4-5-6-7-8-9-10-13-19(24)17(21(26)27)16-18(22(28)29)20(25)14-11-12-15-23/h12,17-20,24-25H,2-11,13-14,16H2,1H3. The van der Waals surface area contributed by atoms with Gasteiger partial charge in [0.25, 0.3) is 0 Å². The monoisotopic (exact) mass is 416 g/mol. The van der Waals surface area contributed by atoms with Crippen molar-refractivity contribution in [2.24, 2.45) is 0 Å². The van der Waals surface area contributed by atoms with Crippen molar-refractivity contribution in [3.8, 4) is 0 Å². The van der Waals surface area contributed by atoms with Crippen LogP contribution >= 0.6 is 0 Å². The molecule has 0 fully saturated rings. The number of carbonyl (C=O) groups excluding carboxylic acids is 1. The van der Waals surface area contributed by atoms with E-state index in [2.05, 4.69) is 6.92 Å². The number of hydrogen-bond acceptors (Lipinski definition) is 7. The molecule has 2 N–H and O–H groups in total. The number of allylic oxidation sites excluding steroid dienone is 1. The van der Waals surface area contributed by atoms with Gasteiger partial charge < -0.3 is 10.2 Å². The maximum absolute atomic E-state index is 11.3. The van der Waals surface area contributed by atoms with Gasteiger partial charge in [0.1, 0.15) is 18.1 Å². The van der Waals surface area contributed by atoms with E-state index in [0.717, 1.165) is 25.3 Å². The van der Waals surface area contributed by atoms with Crippen LogP contribution in [0.5, 0.6) is 0 Å². The van der Waals surface area contributed by atoms with Crippen molar-refractivity contribution < 1.29 is 24.9 Å². The molecule has 0 radical (unpaired) electrons. The quantitative estimate of drug-likeness (QED) is 0.142. The highest BCUT2D eigenvalue weighted by molar-refractivity contribution is 5.44. The third-order valence-corrected chi connectivity index (χ3v) is 5.21. The summed E-state index contributed by atoms with van der Waals surface area (Å²) in [7, 11) is 0. The molecule has 168 valence electrons. The number of nitro groups is 2. The molecule has 9 heteroatoms. The minimum absolute atomic E-state index is 0.0698. The summed E-state index contributed by atoms with van der Waals surface area (Å²) in [6.45, 7) is 2.17. The lowest BCUT2D eigenvalue weighted by atomic mass is 9.94. The fourth-order valence-electron chi connectivity index (χ4n) is 3.38. The van der Waals surface area contributed by atoms with E-state index in [1.807, 2.05) is 0 Å². The zero-order chi connectivity index (χ0) is 22.1. The van der Waals surface area contributed by atoms with Gasteiger partial charge in [-0.3, -0.25) is 20.2 Å². The van der Waals surface area contributed by atoms with E-state index in [-0.39, 0.29) is 19.3 Å². The first-order chi connectivity index (χ1) is 13.8. The second-order valence-corrected chi connectivity index (χ2v) is 7.59. The molecule has 0 aliphatic carbocycles. The highest BCUT2D eigenvalue weighted by atomic mass is 16.6. The summed E-state index contributed by atoms with van der Waals surface area (Å²) in [6.07, 6.45) is 7.72. The van der Waals surface area contributed by atoms with Crippen molar-refractivity contribution in [1.82, 2.24) is 0 Å². The Balaban J connectivity index is 4.42. The van der Waals surface area contributed by atoms with Crippen LogP contribution in [0.15, 0.2) is 6.08 Å². The molecule has 0 heterocycles. The van der Waals surface area contributed by atoms with Crippen LogP contribution in [0.4, 0.5) is 0 Å². The van der Waals surface area contributed by atoms with E-state index in [9.17, 15) is 35.2 Å². The van der Waals surface area contributed by atoms with E-state index in [4.69, 9.17) is 0 Å². The van der Waals surface area contributed by atoms with Gasteiger partial charge in [-0.2, -0.15) is 0 Å². The van der Waals surface area contributed by atoms with Crippen molar-refractivity contribution in [3.63, 3.8) is 0 Å². The summed E-state index contributed by atoms with van der Waals surface area (Å²) in [6, 6.07) is -3.07. The van der Waals surface area contributed by atoms with Crippen molar-refractivity contribution in [2.45, 2.75) is 115 Å². The van der Waals surface area contributed by atoms with E-state index in [1.165, 1.54) is 38.0 Å². The number of unbranched alkanes of at least 4 members (excludes halogenated alkanes) is 8. The molecule has 4 unspecified atom stereocenters. The van der Waals surface area contributed by atoms with Crippen molar-refractivity contribution in [3.05, 3.63) is 26.3 Å². The van der Waals surface area contributed by atoms with Gasteiger partial charge in [0.05, 0.1) is 6.42 Å². The molecule has 0 aliphatic heterocycles. The van der Waals surface area contributed by atoms with Crippen LogP contribution in [0.25, 0.3) is 0 Å². The van der Waals surface area contributed by atoms with E-state index in [0.29, 0.717) is 6.42 Å². The minimum atomic E-state index is -1.57. The average molecular weight is 417 g/mol. The Morgan fingerprint density at radius 3 is 1.72 bits per heavy atom. The molecule has 0 aliphatic rings. The fourth-order valence-corrected chi connectivity index (χ4v) is 3.38. The lowest BCUT2D eigenvalue weighted by Gasteiger charge is -2.20. The Hall–Kier alpha value is -1.83. The summed E-state index contributed by atoms with van der Waals surface area (Å²) in [5.41, 5.74) is 0. The highest BCUT2D eigenvalue weighted by Crippen LogP contribution is 2.19. The molecule has 0 rings (SSSR count). The number of rotatable bonds is 19. The maximum Gasteiger partial charge on any atom is 0.245 e. The topological polar surface area (TPSA) is 144 Å². The zero-order valence-electron chi connectivity index (χ0n) is 17.4. The molecular formula is C20H36N2O7. The van der Waals surface area contributed by atoms with Crippen LogP contribution in [0.3, 0.4) is 0 Å². The first-order valence-corrected chi connectivity index (χ1v) is 10.7. The summed E-state index contributed by atoms with van der Waals surface area (Å²) in [5, 5.41) is 42.7. The van der Waals surface area contributed by atoms with Gasteiger partial charge in [0.2, 0.25) is 12.1 Å². The van der Waals surface area contributed by atoms with Crippen LogP contribution in [-0.2, 0) is 4.79 Å². The molecular weight excluding hydrogens is 380 g/mol. The van der Waals surface area contributed by atoms with E-state index >= 15 is 0 Å². The fraction of sp³-hybridized carbons (Fsp3) is 0.900. The third-order valence-electron chi connectivity index (χ3n) is 5.21. The summed E-state index contributed by atoms with van der Waals surface area (Å²) in [5.74, 6) is 1.51. The molecule has 9 nitrogen and oxygen atoms in total. The van der Waals surface area contributed by atoms with Crippen LogP contribution in [0.1, 0.15) is 90.4 Å². The van der Waals surface area contributed by atoms with Gasteiger partial charge in [-0.15, -0.1) is 0 Å².